The van der Waals surface area contributed by atoms with E-state index in [1.165, 1.54) is 0 Å². The molecule has 3 rings (SSSR count). The lowest BCUT2D eigenvalue weighted by Gasteiger charge is -2.19. The molecule has 1 saturated carbocycles. The molecular formula is C18H20BrN3O5. The number of hydrogen-bond acceptors (Lipinski definition) is 5. The summed E-state index contributed by atoms with van der Waals surface area (Å²) in [6.45, 7) is 0.836. The van der Waals surface area contributed by atoms with Crippen LogP contribution in [0.25, 0.3) is 0 Å². The third kappa shape index (κ3) is 4.13. The van der Waals surface area contributed by atoms with Crippen molar-refractivity contribution in [2.45, 2.75) is 38.1 Å². The molecule has 1 aromatic rings. The maximum atomic E-state index is 12.5. The molecule has 2 fully saturated rings. The molecule has 2 aliphatic rings. The fraction of sp³-hybridized carbons (Fsp3) is 0.444. The molecule has 144 valence electrons. The van der Waals surface area contributed by atoms with E-state index in [0.29, 0.717) is 18.5 Å². The number of amides is 4. The van der Waals surface area contributed by atoms with Crippen LogP contribution in [0.4, 0.5) is 10.5 Å². The van der Waals surface area contributed by atoms with E-state index in [9.17, 15) is 19.2 Å². The van der Waals surface area contributed by atoms with Gasteiger partial charge in [-0.15, -0.1) is 0 Å². The molecule has 0 unspecified atom stereocenters. The van der Waals surface area contributed by atoms with Crippen LogP contribution >= 0.6 is 15.9 Å². The third-order valence-electron chi connectivity index (χ3n) is 4.82. The summed E-state index contributed by atoms with van der Waals surface area (Å²) in [6, 6.07) is 4.77. The number of esters is 1. The minimum absolute atomic E-state index is 0.392. The van der Waals surface area contributed by atoms with Crippen molar-refractivity contribution in [1.82, 2.24) is 10.2 Å². The highest BCUT2D eigenvalue weighted by Gasteiger charge is 2.52. The SMILES string of the molecule is Cc1cc(Br)ccc1NC(=O)COC(=O)CN1C(=O)NC2(CCCC2)C1=O. The molecule has 1 aliphatic carbocycles. The van der Waals surface area contributed by atoms with E-state index >= 15 is 0 Å². The highest BCUT2D eigenvalue weighted by atomic mass is 79.9. The smallest absolute Gasteiger partial charge is 0.326 e. The first-order valence-corrected chi connectivity index (χ1v) is 9.46. The first-order valence-electron chi connectivity index (χ1n) is 8.66. The number of anilines is 1. The summed E-state index contributed by atoms with van der Waals surface area (Å²) in [5, 5.41) is 5.34. The summed E-state index contributed by atoms with van der Waals surface area (Å²) in [7, 11) is 0. The maximum Gasteiger partial charge on any atom is 0.326 e. The highest BCUT2D eigenvalue weighted by molar-refractivity contribution is 9.10. The average Bonchev–Trinajstić information content (AvgIpc) is 3.17. The van der Waals surface area contributed by atoms with Crippen molar-refractivity contribution in [1.29, 1.82) is 0 Å². The molecule has 27 heavy (non-hydrogen) atoms. The summed E-state index contributed by atoms with van der Waals surface area (Å²) in [5.41, 5.74) is 0.593. The topological polar surface area (TPSA) is 105 Å². The Hall–Kier alpha value is -2.42. The number of benzene rings is 1. The Morgan fingerprint density at radius 3 is 2.67 bits per heavy atom. The number of halogens is 1. The molecule has 0 radical (unpaired) electrons. The maximum absolute atomic E-state index is 12.5. The number of rotatable bonds is 5. The monoisotopic (exact) mass is 437 g/mol. The largest absolute Gasteiger partial charge is 0.454 e. The van der Waals surface area contributed by atoms with Gasteiger partial charge in [0, 0.05) is 10.2 Å². The molecule has 1 aliphatic heterocycles. The van der Waals surface area contributed by atoms with Gasteiger partial charge < -0.3 is 15.4 Å². The summed E-state index contributed by atoms with van der Waals surface area (Å²) in [5.74, 6) is -1.70. The van der Waals surface area contributed by atoms with E-state index < -0.39 is 42.5 Å². The molecule has 0 aromatic heterocycles. The molecule has 8 nitrogen and oxygen atoms in total. The molecule has 2 N–H and O–H groups in total. The van der Waals surface area contributed by atoms with Crippen LogP contribution in [0, 0.1) is 6.92 Å². The van der Waals surface area contributed by atoms with Crippen molar-refractivity contribution in [3.8, 4) is 0 Å². The Morgan fingerprint density at radius 1 is 1.30 bits per heavy atom. The Labute approximate surface area is 164 Å². The standard InChI is InChI=1S/C18H20BrN3O5/c1-11-8-12(19)4-5-13(11)20-14(23)10-27-15(24)9-22-16(25)18(21-17(22)26)6-2-3-7-18/h4-5,8H,2-3,6-7,9-10H2,1H3,(H,20,23)(H,21,26). The van der Waals surface area contributed by atoms with Crippen molar-refractivity contribution in [2.75, 3.05) is 18.5 Å². The quantitative estimate of drug-likeness (QED) is 0.541. The first-order chi connectivity index (χ1) is 12.8. The van der Waals surface area contributed by atoms with Gasteiger partial charge in [0.25, 0.3) is 11.8 Å². The molecule has 0 atom stereocenters. The molecule has 1 heterocycles. The van der Waals surface area contributed by atoms with Gasteiger partial charge in [-0.1, -0.05) is 28.8 Å². The molecular weight excluding hydrogens is 418 g/mol. The van der Waals surface area contributed by atoms with Gasteiger partial charge in [-0.3, -0.25) is 19.3 Å². The fourth-order valence-electron chi connectivity index (χ4n) is 3.41. The van der Waals surface area contributed by atoms with Gasteiger partial charge in [0.2, 0.25) is 0 Å². The van der Waals surface area contributed by atoms with E-state index in [0.717, 1.165) is 27.8 Å². The third-order valence-corrected chi connectivity index (χ3v) is 5.31. The summed E-state index contributed by atoms with van der Waals surface area (Å²) < 4.78 is 5.80. The van der Waals surface area contributed by atoms with E-state index in [1.54, 1.807) is 12.1 Å². The van der Waals surface area contributed by atoms with Gasteiger partial charge in [-0.05, 0) is 43.5 Å². The van der Waals surface area contributed by atoms with E-state index in [4.69, 9.17) is 4.74 Å². The minimum Gasteiger partial charge on any atom is -0.454 e. The highest BCUT2D eigenvalue weighted by Crippen LogP contribution is 2.34. The van der Waals surface area contributed by atoms with Crippen LogP contribution in [-0.4, -0.2) is 47.4 Å². The van der Waals surface area contributed by atoms with Crippen LogP contribution < -0.4 is 10.6 Å². The number of ether oxygens (including phenoxy) is 1. The van der Waals surface area contributed by atoms with Crippen LogP contribution in [0.3, 0.4) is 0 Å². The summed E-state index contributed by atoms with van der Waals surface area (Å²) in [4.78, 5) is 49.3. The van der Waals surface area contributed by atoms with Gasteiger partial charge in [0.15, 0.2) is 6.61 Å². The second kappa shape index (κ2) is 7.67. The second-order valence-electron chi connectivity index (χ2n) is 6.78. The molecule has 1 aromatic carbocycles. The van der Waals surface area contributed by atoms with Crippen molar-refractivity contribution < 1.29 is 23.9 Å². The Morgan fingerprint density at radius 2 is 2.00 bits per heavy atom. The van der Waals surface area contributed by atoms with Gasteiger partial charge >= 0.3 is 12.0 Å². The minimum atomic E-state index is -0.867. The predicted octanol–water partition coefficient (Wildman–Crippen LogP) is 2.10. The van der Waals surface area contributed by atoms with Gasteiger partial charge in [0.1, 0.15) is 12.1 Å². The zero-order valence-corrected chi connectivity index (χ0v) is 16.4. The molecule has 1 spiro atoms. The van der Waals surface area contributed by atoms with E-state index in [1.807, 2.05) is 13.0 Å². The van der Waals surface area contributed by atoms with Gasteiger partial charge in [0.05, 0.1) is 0 Å². The lowest BCUT2D eigenvalue weighted by Crippen LogP contribution is -2.44. The first kappa shape index (κ1) is 19.3. The van der Waals surface area contributed by atoms with Crippen LogP contribution in [0.15, 0.2) is 22.7 Å². The van der Waals surface area contributed by atoms with E-state index in [2.05, 4.69) is 26.6 Å². The van der Waals surface area contributed by atoms with Crippen molar-refractivity contribution in [3.05, 3.63) is 28.2 Å². The number of nitrogens with zero attached hydrogens (tertiary/aromatic N) is 1. The molecule has 0 bridgehead atoms. The fourth-order valence-corrected chi connectivity index (χ4v) is 3.89. The molecule has 4 amide bonds. The predicted molar refractivity (Wildman–Crippen MR) is 99.9 cm³/mol. The van der Waals surface area contributed by atoms with Crippen LogP contribution in [-0.2, 0) is 19.1 Å². The second-order valence-corrected chi connectivity index (χ2v) is 7.69. The zero-order chi connectivity index (χ0) is 19.6. The molecule has 9 heteroatoms. The summed E-state index contributed by atoms with van der Waals surface area (Å²) >= 11 is 3.34. The van der Waals surface area contributed by atoms with Gasteiger partial charge in [-0.2, -0.15) is 0 Å². The summed E-state index contributed by atoms with van der Waals surface area (Å²) in [6.07, 6.45) is 2.88. The number of hydrogen-bond donors (Lipinski definition) is 2. The number of nitrogens with one attached hydrogen (secondary N) is 2. The van der Waals surface area contributed by atoms with Crippen molar-refractivity contribution in [2.24, 2.45) is 0 Å². The normalized spacial score (nSPS) is 17.9. The Kier molecular flexibility index (Phi) is 5.50. The Balaban J connectivity index is 1.50. The van der Waals surface area contributed by atoms with Crippen LogP contribution in [0.2, 0.25) is 0 Å². The number of aryl methyl sites for hydroxylation is 1. The number of carbonyl (C=O) groups excluding carboxylic acids is 4. The number of carbonyl (C=O) groups is 4. The van der Waals surface area contributed by atoms with Gasteiger partial charge in [-0.25, -0.2) is 4.79 Å². The lowest BCUT2D eigenvalue weighted by molar-refractivity contribution is -0.150. The van der Waals surface area contributed by atoms with Crippen LogP contribution in [0.1, 0.15) is 31.2 Å². The lowest BCUT2D eigenvalue weighted by atomic mass is 9.98. The number of urea groups is 1. The van der Waals surface area contributed by atoms with Crippen LogP contribution in [0.5, 0.6) is 0 Å². The van der Waals surface area contributed by atoms with E-state index in [-0.39, 0.29) is 0 Å². The molecule has 1 saturated heterocycles. The number of imide groups is 1. The Bertz CT molecular complexity index is 804. The van der Waals surface area contributed by atoms with Crippen molar-refractivity contribution >= 4 is 45.4 Å². The average molecular weight is 438 g/mol. The zero-order valence-electron chi connectivity index (χ0n) is 14.8. The van der Waals surface area contributed by atoms with Crippen molar-refractivity contribution in [3.63, 3.8) is 0 Å².